The number of thiazole rings is 1. The fraction of sp³-hybridized carbons (Fsp3) is 0.778. The van der Waals surface area contributed by atoms with E-state index in [4.69, 9.17) is 0 Å². The van der Waals surface area contributed by atoms with Crippen LogP contribution in [0.4, 0.5) is 0 Å². The van der Waals surface area contributed by atoms with Gasteiger partial charge in [0.15, 0.2) is 0 Å². The number of nitrogens with zero attached hydrogens (tertiary/aromatic N) is 1. The molecule has 0 aromatic carbocycles. The molecule has 1 aromatic rings. The molecule has 0 radical (unpaired) electrons. The quantitative estimate of drug-likeness (QED) is 0.817. The topological polar surface area (TPSA) is 42.0 Å². The van der Waals surface area contributed by atoms with Gasteiger partial charge in [0.1, 0.15) is 4.88 Å². The van der Waals surface area contributed by atoms with Crippen LogP contribution in [0.25, 0.3) is 0 Å². The van der Waals surface area contributed by atoms with Gasteiger partial charge in [-0.2, -0.15) is 0 Å². The molecule has 2 rings (SSSR count). The number of carbonyl (C=O) groups excluding carboxylic acids is 1. The average molecular weight is 323 g/mol. The van der Waals surface area contributed by atoms with Crippen molar-refractivity contribution in [3.63, 3.8) is 0 Å². The standard InChI is InChI=1S/C18H30N2OS/c1-14-17(22-15(2)19-14)18(21)20-16-12-10-8-6-4-3-5-7-9-11-13-16/h16H,3-13H2,1-2H3,(H,20,21). The van der Waals surface area contributed by atoms with Gasteiger partial charge < -0.3 is 5.32 Å². The van der Waals surface area contributed by atoms with E-state index in [0.717, 1.165) is 28.4 Å². The number of aryl methyl sites for hydroxylation is 2. The van der Waals surface area contributed by atoms with Gasteiger partial charge in [0.2, 0.25) is 0 Å². The van der Waals surface area contributed by atoms with E-state index in [2.05, 4.69) is 10.3 Å². The van der Waals surface area contributed by atoms with Gasteiger partial charge >= 0.3 is 0 Å². The lowest BCUT2D eigenvalue weighted by Gasteiger charge is -2.19. The van der Waals surface area contributed by atoms with Crippen molar-refractivity contribution in [2.45, 2.75) is 90.5 Å². The molecular weight excluding hydrogens is 292 g/mol. The smallest absolute Gasteiger partial charge is 0.263 e. The molecule has 1 aromatic heterocycles. The van der Waals surface area contributed by atoms with Crippen LogP contribution in [0.2, 0.25) is 0 Å². The summed E-state index contributed by atoms with van der Waals surface area (Å²) in [5.74, 6) is 0.0835. The second-order valence-corrected chi connectivity index (χ2v) is 7.78. The van der Waals surface area contributed by atoms with Gasteiger partial charge in [-0.1, -0.05) is 57.8 Å². The van der Waals surface area contributed by atoms with Crippen molar-refractivity contribution in [1.29, 1.82) is 0 Å². The summed E-state index contributed by atoms with van der Waals surface area (Å²) < 4.78 is 0. The maximum Gasteiger partial charge on any atom is 0.263 e. The Morgan fingerprint density at radius 2 is 1.45 bits per heavy atom. The Hall–Kier alpha value is -0.900. The van der Waals surface area contributed by atoms with E-state index in [-0.39, 0.29) is 5.91 Å². The predicted molar refractivity (Wildman–Crippen MR) is 93.6 cm³/mol. The summed E-state index contributed by atoms with van der Waals surface area (Å²) in [7, 11) is 0. The minimum atomic E-state index is 0.0835. The van der Waals surface area contributed by atoms with Gasteiger partial charge in [0.05, 0.1) is 10.7 Å². The third-order valence-electron chi connectivity index (χ3n) is 4.55. The van der Waals surface area contributed by atoms with Crippen molar-refractivity contribution < 1.29 is 4.79 Å². The molecule has 0 unspecified atom stereocenters. The van der Waals surface area contributed by atoms with E-state index in [1.807, 2.05) is 13.8 Å². The highest BCUT2D eigenvalue weighted by molar-refractivity contribution is 7.13. The first-order valence-corrected chi connectivity index (χ1v) is 9.73. The van der Waals surface area contributed by atoms with Crippen molar-refractivity contribution in [2.24, 2.45) is 0 Å². The molecule has 0 bridgehead atoms. The number of carbonyl (C=O) groups is 1. The zero-order chi connectivity index (χ0) is 15.8. The Kier molecular flexibility index (Phi) is 7.37. The van der Waals surface area contributed by atoms with Crippen molar-refractivity contribution >= 4 is 17.2 Å². The van der Waals surface area contributed by atoms with Crippen LogP contribution in [-0.2, 0) is 0 Å². The minimum absolute atomic E-state index is 0.0835. The summed E-state index contributed by atoms with van der Waals surface area (Å²) in [4.78, 5) is 17.6. The third kappa shape index (κ3) is 5.71. The Morgan fingerprint density at radius 1 is 0.955 bits per heavy atom. The van der Waals surface area contributed by atoms with Crippen LogP contribution >= 0.6 is 11.3 Å². The Labute approximate surface area is 138 Å². The largest absolute Gasteiger partial charge is 0.349 e. The van der Waals surface area contributed by atoms with Crippen LogP contribution < -0.4 is 5.32 Å². The normalized spacial score (nSPS) is 19.2. The molecule has 22 heavy (non-hydrogen) atoms. The first-order valence-electron chi connectivity index (χ1n) is 8.91. The zero-order valence-corrected chi connectivity index (χ0v) is 14.9. The lowest BCUT2D eigenvalue weighted by molar-refractivity contribution is 0.0934. The number of aromatic nitrogens is 1. The maximum absolute atomic E-state index is 12.5. The van der Waals surface area contributed by atoms with Crippen LogP contribution in [0, 0.1) is 13.8 Å². The summed E-state index contributed by atoms with van der Waals surface area (Å²) in [5, 5.41) is 4.25. The maximum atomic E-state index is 12.5. The van der Waals surface area contributed by atoms with Crippen LogP contribution in [0.5, 0.6) is 0 Å². The Balaban J connectivity index is 1.89. The number of nitrogens with one attached hydrogen (secondary N) is 1. The molecule has 1 N–H and O–H groups in total. The molecule has 1 aliphatic rings. The van der Waals surface area contributed by atoms with E-state index in [0.29, 0.717) is 6.04 Å². The minimum Gasteiger partial charge on any atom is -0.349 e. The third-order valence-corrected chi connectivity index (χ3v) is 5.62. The molecule has 4 heteroatoms. The van der Waals surface area contributed by atoms with E-state index >= 15 is 0 Å². The highest BCUT2D eigenvalue weighted by Crippen LogP contribution is 2.20. The number of hydrogen-bond donors (Lipinski definition) is 1. The van der Waals surface area contributed by atoms with Crippen molar-refractivity contribution in [3.05, 3.63) is 15.6 Å². The fourth-order valence-corrected chi connectivity index (χ4v) is 4.12. The summed E-state index contributed by atoms with van der Waals surface area (Å²) in [6.45, 7) is 3.89. The van der Waals surface area contributed by atoms with Crippen LogP contribution in [0.15, 0.2) is 0 Å². The molecular formula is C18H30N2OS. The first-order chi connectivity index (χ1) is 10.7. The number of hydrogen-bond acceptors (Lipinski definition) is 3. The van der Waals surface area contributed by atoms with Gasteiger partial charge in [-0.05, 0) is 26.7 Å². The van der Waals surface area contributed by atoms with E-state index in [1.165, 1.54) is 69.1 Å². The zero-order valence-electron chi connectivity index (χ0n) is 14.1. The molecule has 0 aliphatic heterocycles. The van der Waals surface area contributed by atoms with Gasteiger partial charge in [0.25, 0.3) is 5.91 Å². The Morgan fingerprint density at radius 3 is 1.91 bits per heavy atom. The average Bonchev–Trinajstić information content (AvgIpc) is 2.80. The highest BCUT2D eigenvalue weighted by Gasteiger charge is 2.18. The molecule has 1 heterocycles. The molecule has 0 spiro atoms. The molecule has 0 saturated heterocycles. The van der Waals surface area contributed by atoms with Crippen LogP contribution in [0.3, 0.4) is 0 Å². The molecule has 1 amide bonds. The van der Waals surface area contributed by atoms with E-state index in [1.54, 1.807) is 0 Å². The van der Waals surface area contributed by atoms with Gasteiger partial charge in [-0.3, -0.25) is 4.79 Å². The summed E-state index contributed by atoms with van der Waals surface area (Å²) in [6.07, 6.45) is 14.2. The van der Waals surface area contributed by atoms with Gasteiger partial charge in [0, 0.05) is 6.04 Å². The molecule has 0 atom stereocenters. The summed E-state index contributed by atoms with van der Waals surface area (Å²) >= 11 is 1.51. The van der Waals surface area contributed by atoms with Crippen molar-refractivity contribution in [3.8, 4) is 0 Å². The second-order valence-electron chi connectivity index (χ2n) is 6.58. The molecule has 1 aliphatic carbocycles. The van der Waals surface area contributed by atoms with E-state index < -0.39 is 0 Å². The number of amides is 1. The van der Waals surface area contributed by atoms with Crippen molar-refractivity contribution in [2.75, 3.05) is 0 Å². The lowest BCUT2D eigenvalue weighted by atomic mass is 9.98. The second kappa shape index (κ2) is 9.29. The molecule has 3 nitrogen and oxygen atoms in total. The van der Waals surface area contributed by atoms with Gasteiger partial charge in [-0.15, -0.1) is 11.3 Å². The fourth-order valence-electron chi connectivity index (χ4n) is 3.30. The first kappa shape index (κ1) is 17.5. The SMILES string of the molecule is Cc1nc(C)c(C(=O)NC2CCCCCCCCCCC2)s1. The van der Waals surface area contributed by atoms with Gasteiger partial charge in [-0.25, -0.2) is 4.98 Å². The summed E-state index contributed by atoms with van der Waals surface area (Å²) in [5.41, 5.74) is 0.869. The van der Waals surface area contributed by atoms with E-state index in [9.17, 15) is 4.79 Å². The van der Waals surface area contributed by atoms with Crippen molar-refractivity contribution in [1.82, 2.24) is 10.3 Å². The highest BCUT2D eigenvalue weighted by atomic mass is 32.1. The Bertz CT molecular complexity index is 458. The molecule has 1 saturated carbocycles. The predicted octanol–water partition coefficient (Wildman–Crippen LogP) is 5.16. The van der Waals surface area contributed by atoms with Crippen LogP contribution in [0.1, 0.15) is 91.0 Å². The molecule has 124 valence electrons. The monoisotopic (exact) mass is 322 g/mol. The lowest BCUT2D eigenvalue weighted by Crippen LogP contribution is -2.34. The van der Waals surface area contributed by atoms with Crippen LogP contribution in [-0.4, -0.2) is 16.9 Å². The summed E-state index contributed by atoms with van der Waals surface area (Å²) in [6, 6.07) is 0.341. The molecule has 1 fully saturated rings. The number of rotatable bonds is 2.